The van der Waals surface area contributed by atoms with Crippen molar-refractivity contribution in [2.75, 3.05) is 18.0 Å². The van der Waals surface area contributed by atoms with E-state index in [0.29, 0.717) is 12.2 Å². The van der Waals surface area contributed by atoms with E-state index in [9.17, 15) is 19.8 Å². The summed E-state index contributed by atoms with van der Waals surface area (Å²) in [5.74, 6) is -1.11. The lowest BCUT2D eigenvalue weighted by molar-refractivity contribution is -0.141. The van der Waals surface area contributed by atoms with Crippen molar-refractivity contribution in [3.05, 3.63) is 24.3 Å². The molecule has 1 atom stereocenters. The van der Waals surface area contributed by atoms with Crippen molar-refractivity contribution in [1.82, 2.24) is 5.32 Å². The predicted octanol–water partition coefficient (Wildman–Crippen LogP) is 1.15. The van der Waals surface area contributed by atoms with Crippen LogP contribution >= 0.6 is 0 Å². The number of benzene rings is 1. The highest BCUT2D eigenvalue weighted by Gasteiger charge is 2.26. The number of hydrogen-bond donors (Lipinski definition) is 4. The van der Waals surface area contributed by atoms with Crippen molar-refractivity contribution in [2.24, 2.45) is 0 Å². The van der Waals surface area contributed by atoms with E-state index in [4.69, 9.17) is 5.11 Å². The summed E-state index contributed by atoms with van der Waals surface area (Å²) in [4.78, 5) is 24.1. The van der Waals surface area contributed by atoms with Crippen molar-refractivity contribution >= 4 is 17.7 Å². The summed E-state index contributed by atoms with van der Waals surface area (Å²) in [6.07, 6.45) is -0.467. The molecule has 0 saturated heterocycles. The Labute approximate surface area is 122 Å². The summed E-state index contributed by atoms with van der Waals surface area (Å²) in [5.41, 5.74) is -1.02. The van der Waals surface area contributed by atoms with Crippen LogP contribution in [0, 0.1) is 0 Å². The van der Waals surface area contributed by atoms with E-state index >= 15 is 0 Å². The van der Waals surface area contributed by atoms with E-state index in [2.05, 4.69) is 5.32 Å². The standard InChI is InChI=1S/C14H20N2O5/c1-3-16(10-5-4-6-11(17)7-10)13(20)15-9-14(2,21)8-12(18)19/h4-7,17,21H,3,8-9H2,1-2H3,(H,15,20)(H,18,19). The lowest BCUT2D eigenvalue weighted by Gasteiger charge is -2.26. The largest absolute Gasteiger partial charge is 0.508 e. The van der Waals surface area contributed by atoms with Crippen LogP contribution in [0.4, 0.5) is 10.5 Å². The van der Waals surface area contributed by atoms with Gasteiger partial charge in [-0.2, -0.15) is 0 Å². The quantitative estimate of drug-likeness (QED) is 0.629. The number of anilines is 1. The molecule has 0 aromatic heterocycles. The van der Waals surface area contributed by atoms with Gasteiger partial charge >= 0.3 is 12.0 Å². The molecule has 0 spiro atoms. The summed E-state index contributed by atoms with van der Waals surface area (Å²) < 4.78 is 0. The molecule has 0 aliphatic rings. The van der Waals surface area contributed by atoms with Crippen molar-refractivity contribution in [2.45, 2.75) is 25.9 Å². The highest BCUT2D eigenvalue weighted by molar-refractivity contribution is 5.92. The number of aliphatic hydroxyl groups is 1. The molecular weight excluding hydrogens is 276 g/mol. The molecule has 0 fully saturated rings. The molecular formula is C14H20N2O5. The third kappa shape index (κ3) is 5.31. The van der Waals surface area contributed by atoms with Crippen LogP contribution in [-0.2, 0) is 4.79 Å². The highest BCUT2D eigenvalue weighted by Crippen LogP contribution is 2.20. The van der Waals surface area contributed by atoms with E-state index in [-0.39, 0.29) is 12.3 Å². The minimum absolute atomic E-state index is 0.0385. The average molecular weight is 296 g/mol. The minimum Gasteiger partial charge on any atom is -0.508 e. The van der Waals surface area contributed by atoms with Gasteiger partial charge in [0.1, 0.15) is 5.75 Å². The van der Waals surface area contributed by atoms with Crippen molar-refractivity contribution in [1.29, 1.82) is 0 Å². The number of aromatic hydroxyl groups is 1. The molecule has 7 heteroatoms. The van der Waals surface area contributed by atoms with E-state index in [1.165, 1.54) is 24.0 Å². The van der Waals surface area contributed by atoms with Gasteiger partial charge in [-0.15, -0.1) is 0 Å². The topological polar surface area (TPSA) is 110 Å². The van der Waals surface area contributed by atoms with Crippen LogP contribution in [-0.4, -0.2) is 46.0 Å². The molecule has 1 aromatic carbocycles. The maximum atomic E-state index is 12.1. The SMILES string of the molecule is CCN(C(=O)NCC(C)(O)CC(=O)O)c1cccc(O)c1. The zero-order chi connectivity index (χ0) is 16.0. The van der Waals surface area contributed by atoms with Gasteiger partial charge < -0.3 is 20.6 Å². The van der Waals surface area contributed by atoms with Gasteiger partial charge in [0.25, 0.3) is 0 Å². The van der Waals surface area contributed by atoms with Gasteiger partial charge in [0.2, 0.25) is 0 Å². The first-order valence-electron chi connectivity index (χ1n) is 6.54. The number of carboxylic acid groups (broad SMARTS) is 1. The predicted molar refractivity (Wildman–Crippen MR) is 77.4 cm³/mol. The molecule has 0 radical (unpaired) electrons. The van der Waals surface area contributed by atoms with E-state index < -0.39 is 24.0 Å². The van der Waals surface area contributed by atoms with Crippen molar-refractivity contribution in [3.63, 3.8) is 0 Å². The molecule has 0 aliphatic carbocycles. The van der Waals surface area contributed by atoms with Crippen LogP contribution in [0.5, 0.6) is 5.75 Å². The van der Waals surface area contributed by atoms with Crippen LogP contribution in [0.2, 0.25) is 0 Å². The van der Waals surface area contributed by atoms with E-state index in [0.717, 1.165) is 0 Å². The van der Waals surface area contributed by atoms with Crippen LogP contribution < -0.4 is 10.2 Å². The number of phenols is 1. The molecule has 0 heterocycles. The number of nitrogens with zero attached hydrogens (tertiary/aromatic N) is 1. The maximum absolute atomic E-state index is 12.1. The number of phenolic OH excluding ortho intramolecular Hbond substituents is 1. The van der Waals surface area contributed by atoms with E-state index in [1.807, 2.05) is 0 Å². The molecule has 7 nitrogen and oxygen atoms in total. The normalized spacial score (nSPS) is 13.3. The fraction of sp³-hybridized carbons (Fsp3) is 0.429. The number of hydrogen-bond acceptors (Lipinski definition) is 4. The summed E-state index contributed by atoms with van der Waals surface area (Å²) in [6.45, 7) is 3.27. The fourth-order valence-corrected chi connectivity index (χ4v) is 1.85. The molecule has 116 valence electrons. The molecule has 0 bridgehead atoms. The van der Waals surface area contributed by atoms with Crippen molar-refractivity contribution < 1.29 is 24.9 Å². The second-order valence-corrected chi connectivity index (χ2v) is 4.99. The fourth-order valence-electron chi connectivity index (χ4n) is 1.85. The number of nitrogens with one attached hydrogen (secondary N) is 1. The zero-order valence-corrected chi connectivity index (χ0v) is 12.0. The van der Waals surface area contributed by atoms with Crippen LogP contribution in [0.3, 0.4) is 0 Å². The minimum atomic E-state index is -1.53. The molecule has 21 heavy (non-hydrogen) atoms. The maximum Gasteiger partial charge on any atom is 0.321 e. The lowest BCUT2D eigenvalue weighted by atomic mass is 10.0. The third-order valence-electron chi connectivity index (χ3n) is 2.86. The number of carbonyl (C=O) groups is 2. The van der Waals surface area contributed by atoms with Crippen LogP contribution in [0.15, 0.2) is 24.3 Å². The van der Waals surface area contributed by atoms with Crippen molar-refractivity contribution in [3.8, 4) is 5.75 Å². The molecule has 2 amide bonds. The Morgan fingerprint density at radius 2 is 2.05 bits per heavy atom. The van der Waals surface area contributed by atoms with Gasteiger partial charge in [0.15, 0.2) is 0 Å². The van der Waals surface area contributed by atoms with Gasteiger partial charge in [0, 0.05) is 24.8 Å². The molecule has 0 saturated carbocycles. The number of carboxylic acids is 1. The summed E-state index contributed by atoms with van der Waals surface area (Å²) >= 11 is 0. The Bertz CT molecular complexity index is 516. The lowest BCUT2D eigenvalue weighted by Crippen LogP contribution is -2.47. The van der Waals surface area contributed by atoms with E-state index in [1.54, 1.807) is 19.1 Å². The number of carbonyl (C=O) groups excluding carboxylic acids is 1. The van der Waals surface area contributed by atoms with Crippen LogP contribution in [0.25, 0.3) is 0 Å². The zero-order valence-electron chi connectivity index (χ0n) is 12.0. The molecule has 4 N–H and O–H groups in total. The Balaban J connectivity index is 2.70. The monoisotopic (exact) mass is 296 g/mol. The van der Waals surface area contributed by atoms with Gasteiger partial charge in [0.05, 0.1) is 12.0 Å². The Hall–Kier alpha value is -2.28. The smallest absolute Gasteiger partial charge is 0.321 e. The Kier molecular flexibility index (Phi) is 5.54. The molecule has 0 aliphatic heterocycles. The first kappa shape index (κ1) is 16.8. The summed E-state index contributed by atoms with van der Waals surface area (Å²) in [7, 11) is 0. The molecule has 1 aromatic rings. The molecule has 1 unspecified atom stereocenters. The highest BCUT2D eigenvalue weighted by atomic mass is 16.4. The van der Waals surface area contributed by atoms with Gasteiger partial charge in [-0.1, -0.05) is 6.07 Å². The Morgan fingerprint density at radius 1 is 1.38 bits per heavy atom. The van der Waals surface area contributed by atoms with Gasteiger partial charge in [-0.3, -0.25) is 9.69 Å². The second-order valence-electron chi connectivity index (χ2n) is 4.99. The first-order valence-corrected chi connectivity index (χ1v) is 6.54. The molecule has 1 rings (SSSR count). The summed E-state index contributed by atoms with van der Waals surface area (Å²) in [6, 6.07) is 5.74. The van der Waals surface area contributed by atoms with Gasteiger partial charge in [-0.25, -0.2) is 4.79 Å². The summed E-state index contributed by atoms with van der Waals surface area (Å²) in [5, 5.41) is 30.4. The van der Waals surface area contributed by atoms with Gasteiger partial charge in [-0.05, 0) is 26.0 Å². The third-order valence-corrected chi connectivity index (χ3v) is 2.86. The Morgan fingerprint density at radius 3 is 2.57 bits per heavy atom. The second kappa shape index (κ2) is 6.94. The number of urea groups is 1. The number of amides is 2. The number of aliphatic carboxylic acids is 1. The van der Waals surface area contributed by atoms with Crippen LogP contribution in [0.1, 0.15) is 20.3 Å². The number of rotatable bonds is 6. The average Bonchev–Trinajstić information content (AvgIpc) is 2.36. The first-order chi connectivity index (χ1) is 9.75.